The molecule has 1 heterocycles. The Labute approximate surface area is 94.7 Å². The smallest absolute Gasteiger partial charge is 0.201 e. The Kier molecular flexibility index (Phi) is 3.76. The van der Waals surface area contributed by atoms with Crippen LogP contribution in [0.5, 0.6) is 0 Å². The number of aromatic nitrogens is 2. The van der Waals surface area contributed by atoms with Crippen LogP contribution in [0, 0.1) is 0 Å². The van der Waals surface area contributed by atoms with Crippen molar-refractivity contribution in [3.8, 4) is 0 Å². The van der Waals surface area contributed by atoms with Crippen LogP contribution < -0.4 is 16.8 Å². The van der Waals surface area contributed by atoms with Gasteiger partial charge in [-0.2, -0.15) is 5.10 Å². The summed E-state index contributed by atoms with van der Waals surface area (Å²) in [6.45, 7) is 1.33. The first-order chi connectivity index (χ1) is 7.38. The van der Waals surface area contributed by atoms with Crippen LogP contribution in [0.1, 0.15) is 6.42 Å². The molecule has 0 saturated carbocycles. The van der Waals surface area contributed by atoms with Gasteiger partial charge in [0.25, 0.3) is 0 Å². The highest BCUT2D eigenvalue weighted by Gasteiger charge is 2.20. The molecule has 0 saturated heterocycles. The lowest BCUT2D eigenvalue weighted by atomic mass is 10.4. The van der Waals surface area contributed by atoms with Gasteiger partial charge in [-0.05, 0) is 20.0 Å². The van der Waals surface area contributed by atoms with Gasteiger partial charge < -0.3 is 16.8 Å². The van der Waals surface area contributed by atoms with Crippen molar-refractivity contribution in [2.75, 3.05) is 31.3 Å². The van der Waals surface area contributed by atoms with E-state index in [1.54, 1.807) is 0 Å². The quantitative estimate of drug-likeness (QED) is 0.578. The number of nitrogen functional groups attached to an aromatic ring is 2. The van der Waals surface area contributed by atoms with Crippen molar-refractivity contribution in [1.82, 2.24) is 15.1 Å². The first-order valence-corrected chi connectivity index (χ1v) is 6.73. The third kappa shape index (κ3) is 2.64. The number of rotatable bonds is 5. The van der Waals surface area contributed by atoms with E-state index in [4.69, 9.17) is 11.5 Å². The summed E-state index contributed by atoms with van der Waals surface area (Å²) in [5.74, 6) is 0.205. The number of hydrogen-bond acceptors (Lipinski definition) is 6. The lowest BCUT2D eigenvalue weighted by Gasteiger charge is -2.02. The minimum absolute atomic E-state index is 0.0342. The van der Waals surface area contributed by atoms with Crippen LogP contribution in [0.4, 0.5) is 11.5 Å². The third-order valence-corrected chi connectivity index (χ3v) is 3.15. The van der Waals surface area contributed by atoms with Crippen LogP contribution in [-0.2, 0) is 16.4 Å². The van der Waals surface area contributed by atoms with Gasteiger partial charge in [0.15, 0.2) is 9.84 Å². The van der Waals surface area contributed by atoms with E-state index in [-0.39, 0.29) is 16.5 Å². The van der Waals surface area contributed by atoms with Crippen LogP contribution in [0.25, 0.3) is 0 Å². The SMILES string of the molecule is CNCCCn1nc(S(C)(=O)=O)c(N)c1N. The van der Waals surface area contributed by atoms with Crippen LogP contribution in [0.3, 0.4) is 0 Å². The molecule has 0 aliphatic heterocycles. The second-order valence-electron chi connectivity index (χ2n) is 3.56. The molecule has 0 spiro atoms. The average Bonchev–Trinajstić information content (AvgIpc) is 2.45. The fourth-order valence-corrected chi connectivity index (χ4v) is 2.07. The van der Waals surface area contributed by atoms with E-state index in [1.807, 2.05) is 7.05 Å². The highest BCUT2D eigenvalue weighted by molar-refractivity contribution is 7.90. The number of nitrogens with one attached hydrogen (secondary N) is 1. The number of nitrogens with two attached hydrogens (primary N) is 2. The molecule has 92 valence electrons. The van der Waals surface area contributed by atoms with Gasteiger partial charge in [-0.25, -0.2) is 13.1 Å². The van der Waals surface area contributed by atoms with Crippen molar-refractivity contribution in [1.29, 1.82) is 0 Å². The summed E-state index contributed by atoms with van der Waals surface area (Å²) in [6.07, 6.45) is 1.86. The summed E-state index contributed by atoms with van der Waals surface area (Å²) < 4.78 is 24.1. The molecule has 5 N–H and O–H groups in total. The molecule has 1 aromatic heterocycles. The number of sulfone groups is 1. The molecule has 0 unspecified atom stereocenters. The first-order valence-electron chi connectivity index (χ1n) is 4.84. The Bertz CT molecular complexity index is 465. The van der Waals surface area contributed by atoms with Gasteiger partial charge in [0.05, 0.1) is 0 Å². The Balaban J connectivity index is 2.97. The van der Waals surface area contributed by atoms with Crippen molar-refractivity contribution in [2.45, 2.75) is 18.0 Å². The number of aryl methyl sites for hydroxylation is 1. The van der Waals surface area contributed by atoms with E-state index in [1.165, 1.54) is 4.68 Å². The summed E-state index contributed by atoms with van der Waals surface area (Å²) in [5, 5.41) is 6.74. The molecular formula is C8H17N5O2S. The van der Waals surface area contributed by atoms with E-state index in [9.17, 15) is 8.42 Å². The van der Waals surface area contributed by atoms with Gasteiger partial charge >= 0.3 is 0 Å². The van der Waals surface area contributed by atoms with E-state index in [0.29, 0.717) is 6.54 Å². The highest BCUT2D eigenvalue weighted by atomic mass is 32.2. The summed E-state index contributed by atoms with van der Waals surface area (Å²) in [4.78, 5) is 0. The Morgan fingerprint density at radius 1 is 1.44 bits per heavy atom. The van der Waals surface area contributed by atoms with Crippen molar-refractivity contribution in [3.05, 3.63) is 0 Å². The summed E-state index contributed by atoms with van der Waals surface area (Å²) in [6, 6.07) is 0. The van der Waals surface area contributed by atoms with Gasteiger partial charge in [0.2, 0.25) is 5.03 Å². The number of hydrogen-bond donors (Lipinski definition) is 3. The fraction of sp³-hybridized carbons (Fsp3) is 0.625. The predicted octanol–water partition coefficient (Wildman–Crippen LogP) is -0.939. The zero-order valence-electron chi connectivity index (χ0n) is 9.40. The maximum absolute atomic E-state index is 11.3. The molecule has 7 nitrogen and oxygen atoms in total. The monoisotopic (exact) mass is 247 g/mol. The summed E-state index contributed by atoms with van der Waals surface area (Å²) >= 11 is 0. The lowest BCUT2D eigenvalue weighted by Crippen LogP contribution is -2.13. The van der Waals surface area contributed by atoms with Crippen molar-refractivity contribution in [3.63, 3.8) is 0 Å². The minimum Gasteiger partial charge on any atom is -0.393 e. The van der Waals surface area contributed by atoms with E-state index < -0.39 is 9.84 Å². The van der Waals surface area contributed by atoms with Crippen LogP contribution in [0.2, 0.25) is 0 Å². The molecule has 0 bridgehead atoms. The maximum atomic E-state index is 11.3. The molecule has 0 radical (unpaired) electrons. The highest BCUT2D eigenvalue weighted by Crippen LogP contribution is 2.23. The molecule has 0 aromatic carbocycles. The molecule has 16 heavy (non-hydrogen) atoms. The second kappa shape index (κ2) is 4.71. The lowest BCUT2D eigenvalue weighted by molar-refractivity contribution is 0.550. The van der Waals surface area contributed by atoms with Crippen molar-refractivity contribution < 1.29 is 8.42 Å². The third-order valence-electron chi connectivity index (χ3n) is 2.14. The van der Waals surface area contributed by atoms with E-state index >= 15 is 0 Å². The van der Waals surface area contributed by atoms with Crippen LogP contribution in [-0.4, -0.2) is 38.0 Å². The van der Waals surface area contributed by atoms with Crippen LogP contribution >= 0.6 is 0 Å². The van der Waals surface area contributed by atoms with Crippen LogP contribution in [0.15, 0.2) is 5.03 Å². The first kappa shape index (κ1) is 12.8. The fourth-order valence-electron chi connectivity index (χ4n) is 1.32. The number of nitrogens with zero attached hydrogens (tertiary/aromatic N) is 2. The minimum atomic E-state index is -3.42. The van der Waals surface area contributed by atoms with Gasteiger partial charge in [0.1, 0.15) is 11.5 Å². The summed E-state index contributed by atoms with van der Waals surface area (Å²) in [5.41, 5.74) is 11.3. The second-order valence-corrected chi connectivity index (χ2v) is 5.49. The zero-order chi connectivity index (χ0) is 12.3. The van der Waals surface area contributed by atoms with Gasteiger partial charge in [-0.1, -0.05) is 0 Å². The Morgan fingerprint density at radius 2 is 2.06 bits per heavy atom. The molecular weight excluding hydrogens is 230 g/mol. The maximum Gasteiger partial charge on any atom is 0.201 e. The normalized spacial score (nSPS) is 11.9. The molecule has 1 aromatic rings. The van der Waals surface area contributed by atoms with Gasteiger partial charge in [-0.15, -0.1) is 0 Å². The largest absolute Gasteiger partial charge is 0.393 e. The standard InChI is InChI=1S/C8H17N5O2S/c1-11-4-3-5-13-7(10)6(9)8(12-13)16(2,14)15/h11H,3-5,9-10H2,1-2H3. The number of anilines is 2. The molecule has 1 rings (SSSR count). The van der Waals surface area contributed by atoms with E-state index in [2.05, 4.69) is 10.4 Å². The zero-order valence-corrected chi connectivity index (χ0v) is 10.2. The van der Waals surface area contributed by atoms with Gasteiger partial charge in [0, 0.05) is 12.8 Å². The molecule has 0 aliphatic carbocycles. The average molecular weight is 247 g/mol. The summed E-state index contributed by atoms with van der Waals surface area (Å²) in [7, 11) is -1.58. The van der Waals surface area contributed by atoms with E-state index in [0.717, 1.165) is 19.2 Å². The molecule has 0 fully saturated rings. The van der Waals surface area contributed by atoms with Gasteiger partial charge in [-0.3, -0.25) is 0 Å². The molecule has 8 heteroatoms. The van der Waals surface area contributed by atoms with Crippen molar-refractivity contribution in [2.24, 2.45) is 0 Å². The molecule has 0 atom stereocenters. The molecule has 0 aliphatic rings. The Hall–Kier alpha value is -1.28. The molecule has 0 amide bonds. The topological polar surface area (TPSA) is 116 Å². The van der Waals surface area contributed by atoms with Crippen molar-refractivity contribution >= 4 is 21.3 Å². The predicted molar refractivity (Wildman–Crippen MR) is 62.7 cm³/mol. The Morgan fingerprint density at radius 3 is 2.50 bits per heavy atom.